The van der Waals surface area contributed by atoms with E-state index in [4.69, 9.17) is 0 Å². The van der Waals surface area contributed by atoms with E-state index in [1.165, 1.54) is 6.42 Å². The summed E-state index contributed by atoms with van der Waals surface area (Å²) in [6.07, 6.45) is 3.05. The highest BCUT2D eigenvalue weighted by Gasteiger charge is 2.27. The van der Waals surface area contributed by atoms with Gasteiger partial charge in [-0.05, 0) is 12.3 Å². The first-order chi connectivity index (χ1) is 5.77. The van der Waals surface area contributed by atoms with Gasteiger partial charge >= 0.3 is 0 Å². The summed E-state index contributed by atoms with van der Waals surface area (Å²) < 4.78 is 0. The monoisotopic (exact) mass is 233 g/mol. The van der Waals surface area contributed by atoms with Crippen LogP contribution in [0.3, 0.4) is 0 Å². The number of carbonyl (C=O) groups is 1. The summed E-state index contributed by atoms with van der Waals surface area (Å²) in [4.78, 5) is 13.4. The van der Waals surface area contributed by atoms with Crippen molar-refractivity contribution in [2.75, 3.05) is 18.4 Å². The third-order valence-corrected chi connectivity index (χ3v) is 3.21. The second-order valence-corrected chi connectivity index (χ2v) is 4.07. The van der Waals surface area contributed by atoms with E-state index in [1.54, 1.807) is 0 Å². The average molecular weight is 234 g/mol. The number of alkyl halides is 1. The maximum atomic E-state index is 11.4. The standard InChI is InChI=1S/C9H16BrNO/c1-2-3-4-11-7-8(6-10)5-9(11)12/h8H,2-7H2,1H3. The number of halogens is 1. The molecule has 1 atom stereocenters. The lowest BCUT2D eigenvalue weighted by Gasteiger charge is -2.15. The minimum Gasteiger partial charge on any atom is -0.342 e. The van der Waals surface area contributed by atoms with Crippen LogP contribution in [0.2, 0.25) is 0 Å². The maximum absolute atomic E-state index is 11.4. The van der Waals surface area contributed by atoms with E-state index >= 15 is 0 Å². The van der Waals surface area contributed by atoms with Crippen molar-refractivity contribution in [3.8, 4) is 0 Å². The molecule has 3 heteroatoms. The van der Waals surface area contributed by atoms with Gasteiger partial charge in [-0.3, -0.25) is 4.79 Å². The molecular weight excluding hydrogens is 218 g/mol. The number of nitrogens with zero attached hydrogens (tertiary/aromatic N) is 1. The number of hydrogen-bond acceptors (Lipinski definition) is 1. The van der Waals surface area contributed by atoms with Crippen LogP contribution in [-0.2, 0) is 4.79 Å². The van der Waals surface area contributed by atoms with Crippen LogP contribution in [-0.4, -0.2) is 29.2 Å². The molecule has 12 heavy (non-hydrogen) atoms. The van der Waals surface area contributed by atoms with Gasteiger partial charge in [0.25, 0.3) is 0 Å². The highest BCUT2D eigenvalue weighted by atomic mass is 79.9. The summed E-state index contributed by atoms with van der Waals surface area (Å²) >= 11 is 3.42. The van der Waals surface area contributed by atoms with E-state index in [2.05, 4.69) is 22.9 Å². The van der Waals surface area contributed by atoms with E-state index in [9.17, 15) is 4.79 Å². The van der Waals surface area contributed by atoms with Crippen molar-refractivity contribution in [3.63, 3.8) is 0 Å². The molecule has 1 aliphatic heterocycles. The van der Waals surface area contributed by atoms with Crippen LogP contribution in [0.15, 0.2) is 0 Å². The Morgan fingerprint density at radius 2 is 2.42 bits per heavy atom. The Labute approximate surface area is 82.4 Å². The normalized spacial score (nSPS) is 23.7. The second kappa shape index (κ2) is 4.85. The fraction of sp³-hybridized carbons (Fsp3) is 0.889. The molecule has 1 amide bonds. The number of rotatable bonds is 4. The summed E-state index contributed by atoms with van der Waals surface area (Å²) in [5, 5.41) is 0.960. The number of carbonyl (C=O) groups excluding carboxylic acids is 1. The summed E-state index contributed by atoms with van der Waals surface area (Å²) in [5.41, 5.74) is 0. The van der Waals surface area contributed by atoms with E-state index in [1.807, 2.05) is 4.90 Å². The maximum Gasteiger partial charge on any atom is 0.222 e. The van der Waals surface area contributed by atoms with Crippen LogP contribution in [0.4, 0.5) is 0 Å². The molecule has 1 unspecified atom stereocenters. The van der Waals surface area contributed by atoms with Crippen molar-refractivity contribution < 1.29 is 4.79 Å². The zero-order chi connectivity index (χ0) is 8.97. The molecule has 0 aliphatic carbocycles. The van der Waals surface area contributed by atoms with E-state index in [-0.39, 0.29) is 0 Å². The summed E-state index contributed by atoms with van der Waals surface area (Å²) in [7, 11) is 0. The molecule has 0 bridgehead atoms. The SMILES string of the molecule is CCCCN1CC(CBr)CC1=O. The van der Waals surface area contributed by atoms with Gasteiger partial charge in [-0.15, -0.1) is 0 Å². The summed E-state index contributed by atoms with van der Waals surface area (Å²) in [6, 6.07) is 0. The highest BCUT2D eigenvalue weighted by molar-refractivity contribution is 9.09. The van der Waals surface area contributed by atoms with Gasteiger partial charge in [0.2, 0.25) is 5.91 Å². The Hall–Kier alpha value is -0.0500. The molecule has 0 aromatic rings. The minimum absolute atomic E-state index is 0.341. The highest BCUT2D eigenvalue weighted by Crippen LogP contribution is 2.19. The lowest BCUT2D eigenvalue weighted by molar-refractivity contribution is -0.127. The van der Waals surface area contributed by atoms with Crippen LogP contribution < -0.4 is 0 Å². The molecule has 0 spiro atoms. The molecule has 1 fully saturated rings. The van der Waals surface area contributed by atoms with Crippen LogP contribution in [0.1, 0.15) is 26.2 Å². The molecule has 0 saturated carbocycles. The Balaban J connectivity index is 2.31. The minimum atomic E-state index is 0.341. The van der Waals surface area contributed by atoms with E-state index in [0.717, 1.165) is 31.3 Å². The Morgan fingerprint density at radius 1 is 1.67 bits per heavy atom. The van der Waals surface area contributed by atoms with Gasteiger partial charge in [0, 0.05) is 24.8 Å². The fourth-order valence-electron chi connectivity index (χ4n) is 1.52. The van der Waals surface area contributed by atoms with Gasteiger partial charge in [-0.1, -0.05) is 29.3 Å². The van der Waals surface area contributed by atoms with Crippen LogP contribution in [0, 0.1) is 5.92 Å². The first-order valence-electron chi connectivity index (χ1n) is 4.61. The lowest BCUT2D eigenvalue weighted by Crippen LogP contribution is -2.26. The van der Waals surface area contributed by atoms with Crippen LogP contribution in [0.25, 0.3) is 0 Å². The molecule has 0 aromatic heterocycles. The fourth-order valence-corrected chi connectivity index (χ4v) is 1.96. The number of likely N-dealkylation sites (tertiary alicyclic amines) is 1. The summed E-state index contributed by atoms with van der Waals surface area (Å²) in [6.45, 7) is 4.07. The Bertz CT molecular complexity index is 161. The van der Waals surface area contributed by atoms with Gasteiger partial charge in [0.05, 0.1) is 0 Å². The molecule has 1 rings (SSSR count). The molecule has 0 aromatic carbocycles. The zero-order valence-corrected chi connectivity index (χ0v) is 9.14. The van der Waals surface area contributed by atoms with Crippen LogP contribution >= 0.6 is 15.9 Å². The molecule has 2 nitrogen and oxygen atoms in total. The van der Waals surface area contributed by atoms with Crippen molar-refractivity contribution in [2.45, 2.75) is 26.2 Å². The number of unbranched alkanes of at least 4 members (excludes halogenated alkanes) is 1. The number of amides is 1. The van der Waals surface area contributed by atoms with Crippen molar-refractivity contribution in [1.82, 2.24) is 4.90 Å². The zero-order valence-electron chi connectivity index (χ0n) is 7.55. The predicted octanol–water partition coefficient (Wildman–Crippen LogP) is 2.03. The topological polar surface area (TPSA) is 20.3 Å². The van der Waals surface area contributed by atoms with Gasteiger partial charge < -0.3 is 4.90 Å². The molecule has 70 valence electrons. The van der Waals surface area contributed by atoms with Gasteiger partial charge in [0.15, 0.2) is 0 Å². The smallest absolute Gasteiger partial charge is 0.222 e. The van der Waals surface area contributed by atoms with Crippen molar-refractivity contribution >= 4 is 21.8 Å². The molecule has 1 heterocycles. The van der Waals surface area contributed by atoms with Gasteiger partial charge in [0.1, 0.15) is 0 Å². The van der Waals surface area contributed by atoms with E-state index < -0.39 is 0 Å². The Morgan fingerprint density at radius 3 is 2.92 bits per heavy atom. The number of hydrogen-bond donors (Lipinski definition) is 0. The van der Waals surface area contributed by atoms with Crippen LogP contribution in [0.5, 0.6) is 0 Å². The molecule has 1 aliphatic rings. The lowest BCUT2D eigenvalue weighted by atomic mass is 10.2. The Kier molecular flexibility index (Phi) is 4.06. The van der Waals surface area contributed by atoms with Crippen molar-refractivity contribution in [3.05, 3.63) is 0 Å². The average Bonchev–Trinajstić information content (AvgIpc) is 2.43. The van der Waals surface area contributed by atoms with E-state index in [0.29, 0.717) is 11.8 Å². The van der Waals surface area contributed by atoms with Gasteiger partial charge in [-0.25, -0.2) is 0 Å². The first kappa shape index (κ1) is 10.0. The molecule has 1 saturated heterocycles. The summed E-state index contributed by atoms with van der Waals surface area (Å²) in [5.74, 6) is 0.891. The first-order valence-corrected chi connectivity index (χ1v) is 5.73. The van der Waals surface area contributed by atoms with Crippen molar-refractivity contribution in [1.29, 1.82) is 0 Å². The molecule has 0 N–H and O–H groups in total. The molecule has 0 radical (unpaired) electrons. The molecular formula is C9H16BrNO. The third-order valence-electron chi connectivity index (χ3n) is 2.29. The van der Waals surface area contributed by atoms with Gasteiger partial charge in [-0.2, -0.15) is 0 Å². The third kappa shape index (κ3) is 2.47. The second-order valence-electron chi connectivity index (χ2n) is 3.42. The largest absolute Gasteiger partial charge is 0.342 e. The van der Waals surface area contributed by atoms with Crippen molar-refractivity contribution in [2.24, 2.45) is 5.92 Å². The predicted molar refractivity (Wildman–Crippen MR) is 53.4 cm³/mol. The quantitative estimate of drug-likeness (QED) is 0.681.